The van der Waals surface area contributed by atoms with Gasteiger partial charge in [0, 0.05) is 19.1 Å². The highest BCUT2D eigenvalue weighted by Crippen LogP contribution is 1.85. The van der Waals surface area contributed by atoms with Gasteiger partial charge in [0.15, 0.2) is 0 Å². The molecule has 0 unspecified atom stereocenters. The Morgan fingerprint density at radius 3 is 1.30 bits per heavy atom. The Bertz CT molecular complexity index is 52.9. The minimum absolute atomic E-state index is 0.0463. The van der Waals surface area contributed by atoms with E-state index in [0.29, 0.717) is 0 Å². The molecule has 0 rings (SSSR count). The maximum absolute atomic E-state index is 8.17. The quantitative estimate of drug-likeness (QED) is 0.283. The second-order valence-electron chi connectivity index (χ2n) is 1.82. The number of aliphatic hydroxyl groups excluding tert-OH is 2. The lowest BCUT2D eigenvalue weighted by Crippen LogP contribution is -2.07. The van der Waals surface area contributed by atoms with E-state index < -0.39 is 7.32 Å². The lowest BCUT2D eigenvalue weighted by molar-refractivity contribution is 0.162. The van der Waals surface area contributed by atoms with Crippen LogP contribution in [0.5, 0.6) is 0 Å². The first kappa shape index (κ1) is 12.5. The molecule has 5 N–H and O–H groups in total. The summed E-state index contributed by atoms with van der Waals surface area (Å²) < 4.78 is 0. The lowest BCUT2D eigenvalue weighted by Gasteiger charge is -1.97. The van der Waals surface area contributed by atoms with Gasteiger partial charge in [0.25, 0.3) is 0 Å². The van der Waals surface area contributed by atoms with Crippen LogP contribution < -0.4 is 0 Å². The van der Waals surface area contributed by atoms with Gasteiger partial charge in [-0.15, -0.1) is 0 Å². The Morgan fingerprint density at radius 2 is 1.30 bits per heavy atom. The first-order chi connectivity index (χ1) is 4.54. The summed E-state index contributed by atoms with van der Waals surface area (Å²) >= 11 is 0. The van der Waals surface area contributed by atoms with Crippen molar-refractivity contribution in [2.75, 3.05) is 13.2 Å². The predicted octanol–water partition coefficient (Wildman–Crippen LogP) is -2.44. The molecule has 0 saturated carbocycles. The molecule has 0 aromatic rings. The van der Waals surface area contributed by atoms with E-state index in [1.165, 1.54) is 0 Å². The van der Waals surface area contributed by atoms with Gasteiger partial charge in [0.1, 0.15) is 0 Å². The molecule has 5 nitrogen and oxygen atoms in total. The second kappa shape index (κ2) is 8.86. The number of aliphatic hydroxyl groups is 2. The molecule has 62 valence electrons. The zero-order chi connectivity index (χ0) is 8.57. The van der Waals surface area contributed by atoms with Gasteiger partial charge >= 0.3 is 7.32 Å². The van der Waals surface area contributed by atoms with E-state index in [-0.39, 0.29) is 19.1 Å². The number of hydrogen-bond donors (Lipinski definition) is 5. The molecule has 10 heavy (non-hydrogen) atoms. The van der Waals surface area contributed by atoms with Crippen molar-refractivity contribution in [3.8, 4) is 0 Å². The van der Waals surface area contributed by atoms with Crippen LogP contribution in [-0.2, 0) is 0 Å². The van der Waals surface area contributed by atoms with Crippen LogP contribution in [0.1, 0.15) is 6.92 Å². The van der Waals surface area contributed by atoms with E-state index >= 15 is 0 Å². The van der Waals surface area contributed by atoms with Crippen molar-refractivity contribution in [2.45, 2.75) is 6.92 Å². The molecule has 0 saturated heterocycles. The standard InChI is InChI=1S/C4H10O2.BH3O3/c1-4(2-5)3-6;2-1(3)4/h4-6H,2-3H2,1H3;2-4H. The Labute approximate surface area is 59.7 Å². The molecule has 0 amide bonds. The minimum atomic E-state index is -2.17. The maximum Gasteiger partial charge on any atom is 0.631 e. The molecule has 0 heterocycles. The summed E-state index contributed by atoms with van der Waals surface area (Å²) in [6, 6.07) is 0. The zero-order valence-corrected chi connectivity index (χ0v) is 5.80. The van der Waals surface area contributed by atoms with Crippen LogP contribution in [0.15, 0.2) is 0 Å². The van der Waals surface area contributed by atoms with E-state index in [2.05, 4.69) is 0 Å². The van der Waals surface area contributed by atoms with E-state index in [1.54, 1.807) is 6.92 Å². The monoisotopic (exact) mass is 152 g/mol. The maximum atomic E-state index is 8.17. The van der Waals surface area contributed by atoms with Gasteiger partial charge in [-0.25, -0.2) is 0 Å². The van der Waals surface area contributed by atoms with Crippen molar-refractivity contribution < 1.29 is 25.3 Å². The van der Waals surface area contributed by atoms with Gasteiger partial charge in [0.2, 0.25) is 0 Å². The molecule has 0 aromatic heterocycles. The molecule has 0 spiro atoms. The smallest absolute Gasteiger partial charge is 0.402 e. The summed E-state index contributed by atoms with van der Waals surface area (Å²) in [5.74, 6) is 0.0463. The Hall–Kier alpha value is -0.135. The van der Waals surface area contributed by atoms with E-state index in [0.717, 1.165) is 0 Å². The highest BCUT2D eigenvalue weighted by atomic mass is 16.5. The van der Waals surface area contributed by atoms with Gasteiger partial charge < -0.3 is 25.3 Å². The second-order valence-corrected chi connectivity index (χ2v) is 1.82. The molecule has 0 radical (unpaired) electrons. The third-order valence-corrected chi connectivity index (χ3v) is 0.623. The fraction of sp³-hybridized carbons (Fsp3) is 1.00. The van der Waals surface area contributed by atoms with Crippen LogP contribution in [0.2, 0.25) is 0 Å². The number of hydrogen-bond acceptors (Lipinski definition) is 5. The molecule has 0 aliphatic heterocycles. The van der Waals surface area contributed by atoms with Gasteiger partial charge in [-0.1, -0.05) is 6.92 Å². The molecule has 0 aromatic carbocycles. The molecule has 0 fully saturated rings. The van der Waals surface area contributed by atoms with Crippen LogP contribution >= 0.6 is 0 Å². The molecular weight excluding hydrogens is 139 g/mol. The van der Waals surface area contributed by atoms with Crippen LogP contribution in [0.3, 0.4) is 0 Å². The largest absolute Gasteiger partial charge is 0.631 e. The van der Waals surface area contributed by atoms with Crippen LogP contribution in [0.4, 0.5) is 0 Å². The van der Waals surface area contributed by atoms with Crippen LogP contribution in [0.25, 0.3) is 0 Å². The fourth-order valence-electron chi connectivity index (χ4n) is 0.0577. The summed E-state index contributed by atoms with van der Waals surface area (Å²) in [6.07, 6.45) is 0. The minimum Gasteiger partial charge on any atom is -0.402 e. The van der Waals surface area contributed by atoms with Crippen molar-refractivity contribution in [3.63, 3.8) is 0 Å². The van der Waals surface area contributed by atoms with Gasteiger partial charge in [-0.05, 0) is 0 Å². The molecule has 0 bridgehead atoms. The summed E-state index contributed by atoms with van der Waals surface area (Å²) in [6.45, 7) is 1.94. The van der Waals surface area contributed by atoms with Gasteiger partial charge in [-0.3, -0.25) is 0 Å². The van der Waals surface area contributed by atoms with Gasteiger partial charge in [0.05, 0.1) is 0 Å². The third-order valence-electron chi connectivity index (χ3n) is 0.623. The Balaban J connectivity index is 0. The highest BCUT2D eigenvalue weighted by molar-refractivity contribution is 6.30. The van der Waals surface area contributed by atoms with Crippen molar-refractivity contribution >= 4 is 7.32 Å². The molecule has 0 aliphatic carbocycles. The molecule has 0 atom stereocenters. The third kappa shape index (κ3) is 24.8. The highest BCUT2D eigenvalue weighted by Gasteiger charge is 1.92. The van der Waals surface area contributed by atoms with Crippen molar-refractivity contribution in [2.24, 2.45) is 5.92 Å². The summed E-state index contributed by atoms with van der Waals surface area (Å²) in [7, 11) is -2.17. The van der Waals surface area contributed by atoms with E-state index in [4.69, 9.17) is 25.3 Å². The molecule has 6 heteroatoms. The molecule has 0 aliphatic rings. The predicted molar refractivity (Wildman–Crippen MR) is 35.7 cm³/mol. The first-order valence-corrected chi connectivity index (χ1v) is 2.80. The summed E-state index contributed by atoms with van der Waals surface area (Å²) in [4.78, 5) is 0. The average Bonchev–Trinajstić information content (AvgIpc) is 1.85. The van der Waals surface area contributed by atoms with Gasteiger partial charge in [-0.2, -0.15) is 0 Å². The first-order valence-electron chi connectivity index (χ1n) is 2.80. The summed E-state index contributed by atoms with van der Waals surface area (Å²) in [5.41, 5.74) is 0. The topological polar surface area (TPSA) is 101 Å². The number of rotatable bonds is 2. The Morgan fingerprint density at radius 1 is 1.10 bits per heavy atom. The molecular formula is C4H13BO5. The van der Waals surface area contributed by atoms with E-state index in [1.807, 2.05) is 0 Å². The van der Waals surface area contributed by atoms with Crippen molar-refractivity contribution in [1.29, 1.82) is 0 Å². The SMILES string of the molecule is CC(CO)CO.OB(O)O. The Kier molecular flexibility index (Phi) is 11.1. The van der Waals surface area contributed by atoms with Crippen molar-refractivity contribution in [1.82, 2.24) is 0 Å². The van der Waals surface area contributed by atoms with Crippen molar-refractivity contribution in [3.05, 3.63) is 0 Å². The lowest BCUT2D eigenvalue weighted by atomic mass is 10.2. The van der Waals surface area contributed by atoms with Crippen LogP contribution in [-0.4, -0.2) is 45.8 Å². The average molecular weight is 152 g/mol. The normalized spacial score (nSPS) is 8.70. The summed E-state index contributed by atoms with van der Waals surface area (Å²) in [5, 5.41) is 37.8. The zero-order valence-electron chi connectivity index (χ0n) is 5.80. The van der Waals surface area contributed by atoms with E-state index in [9.17, 15) is 0 Å². The van der Waals surface area contributed by atoms with Crippen LogP contribution in [0, 0.1) is 5.92 Å². The fourth-order valence-corrected chi connectivity index (χ4v) is 0.0577.